The van der Waals surface area contributed by atoms with Crippen LogP contribution in [0.3, 0.4) is 0 Å². The SMILES string of the molecule is C=CCOc1ccc(C(C)(C)c2ccc(OCCC[Si]3(C)O[SiH](C)O[SiH](C)O[SiH](C)O3)cc2)cc1. The predicted molar refractivity (Wildman–Crippen MR) is 151 cm³/mol. The molecular formula is C25H40O6Si4. The van der Waals surface area contributed by atoms with Gasteiger partial charge in [-0.1, -0.05) is 50.8 Å². The Balaban J connectivity index is 1.52. The molecule has 1 heterocycles. The molecule has 2 aromatic rings. The van der Waals surface area contributed by atoms with E-state index in [1.165, 1.54) is 11.1 Å². The van der Waals surface area contributed by atoms with Gasteiger partial charge >= 0.3 is 8.56 Å². The Morgan fingerprint density at radius 3 is 1.80 bits per heavy atom. The average Bonchev–Trinajstić information content (AvgIpc) is 2.80. The van der Waals surface area contributed by atoms with E-state index in [9.17, 15) is 0 Å². The maximum absolute atomic E-state index is 6.35. The second-order valence-electron chi connectivity index (χ2n) is 9.57. The largest absolute Gasteiger partial charge is 0.494 e. The van der Waals surface area contributed by atoms with Crippen LogP contribution in [-0.2, 0) is 21.9 Å². The van der Waals surface area contributed by atoms with Crippen molar-refractivity contribution in [2.75, 3.05) is 13.2 Å². The summed E-state index contributed by atoms with van der Waals surface area (Å²) in [7, 11) is -7.30. The zero-order chi connectivity index (χ0) is 25.5. The van der Waals surface area contributed by atoms with Crippen molar-refractivity contribution in [2.45, 2.75) is 57.9 Å². The van der Waals surface area contributed by atoms with Gasteiger partial charge in [0.25, 0.3) is 27.9 Å². The third kappa shape index (κ3) is 8.25. The van der Waals surface area contributed by atoms with E-state index in [0.717, 1.165) is 24.0 Å². The van der Waals surface area contributed by atoms with Crippen LogP contribution in [0.25, 0.3) is 0 Å². The average molecular weight is 549 g/mol. The molecule has 0 amide bonds. The van der Waals surface area contributed by atoms with Gasteiger partial charge in [-0.15, -0.1) is 0 Å². The molecule has 2 unspecified atom stereocenters. The van der Waals surface area contributed by atoms with E-state index >= 15 is 0 Å². The molecular weight excluding hydrogens is 509 g/mol. The summed E-state index contributed by atoms with van der Waals surface area (Å²) in [6, 6.07) is 17.6. The molecule has 2 aromatic carbocycles. The smallest absolute Gasteiger partial charge is 0.317 e. The highest BCUT2D eigenvalue weighted by molar-refractivity contribution is 6.81. The van der Waals surface area contributed by atoms with Crippen LogP contribution in [0.15, 0.2) is 61.2 Å². The van der Waals surface area contributed by atoms with E-state index in [2.05, 4.69) is 83.0 Å². The maximum atomic E-state index is 6.35. The minimum atomic E-state index is -2.29. The molecule has 1 fully saturated rings. The third-order valence-electron chi connectivity index (χ3n) is 6.16. The fourth-order valence-corrected chi connectivity index (χ4v) is 19.0. The quantitative estimate of drug-likeness (QED) is 0.235. The van der Waals surface area contributed by atoms with Gasteiger partial charge in [0.1, 0.15) is 18.1 Å². The van der Waals surface area contributed by atoms with Gasteiger partial charge in [-0.25, -0.2) is 0 Å². The monoisotopic (exact) mass is 548 g/mol. The molecule has 0 radical (unpaired) electrons. The molecule has 2 atom stereocenters. The Hall–Kier alpha value is -1.51. The zero-order valence-electron chi connectivity index (χ0n) is 21.9. The summed E-state index contributed by atoms with van der Waals surface area (Å²) in [5, 5.41) is 0. The number of hydrogen-bond donors (Lipinski definition) is 0. The van der Waals surface area contributed by atoms with E-state index in [4.69, 9.17) is 25.9 Å². The molecule has 0 aliphatic carbocycles. The minimum Gasteiger partial charge on any atom is -0.494 e. The molecule has 1 aliphatic rings. The molecule has 192 valence electrons. The van der Waals surface area contributed by atoms with E-state index in [-0.39, 0.29) is 5.41 Å². The lowest BCUT2D eigenvalue weighted by Gasteiger charge is -2.37. The molecule has 35 heavy (non-hydrogen) atoms. The second kappa shape index (κ2) is 12.6. The normalized spacial score (nSPS) is 25.4. The Kier molecular flexibility index (Phi) is 10.1. The van der Waals surface area contributed by atoms with Crippen molar-refractivity contribution in [2.24, 2.45) is 0 Å². The molecule has 0 saturated carbocycles. The first-order chi connectivity index (χ1) is 16.6. The van der Waals surface area contributed by atoms with Gasteiger partial charge in [-0.05, 0) is 74.0 Å². The number of rotatable bonds is 10. The highest BCUT2D eigenvalue weighted by Crippen LogP contribution is 2.33. The molecule has 3 rings (SSSR count). The van der Waals surface area contributed by atoms with Crippen molar-refractivity contribution in [3.05, 3.63) is 72.3 Å². The lowest BCUT2D eigenvalue weighted by Crippen LogP contribution is -2.53. The highest BCUT2D eigenvalue weighted by Gasteiger charge is 2.39. The van der Waals surface area contributed by atoms with Gasteiger partial charge in [0.05, 0.1) is 6.61 Å². The van der Waals surface area contributed by atoms with Crippen LogP contribution in [0, 0.1) is 0 Å². The van der Waals surface area contributed by atoms with Crippen LogP contribution in [0.5, 0.6) is 11.5 Å². The lowest BCUT2D eigenvalue weighted by atomic mass is 9.78. The molecule has 10 heteroatoms. The van der Waals surface area contributed by atoms with E-state index in [0.29, 0.717) is 13.2 Å². The maximum Gasteiger partial charge on any atom is 0.317 e. The first-order valence-electron chi connectivity index (χ1n) is 12.4. The fraction of sp³-hybridized carbons (Fsp3) is 0.440. The molecule has 1 saturated heterocycles. The van der Waals surface area contributed by atoms with Crippen molar-refractivity contribution >= 4 is 36.4 Å². The van der Waals surface area contributed by atoms with Crippen LogP contribution >= 0.6 is 0 Å². The summed E-state index contributed by atoms with van der Waals surface area (Å²) in [6.45, 7) is 17.6. The molecule has 1 aliphatic heterocycles. The molecule has 0 N–H and O–H groups in total. The summed E-state index contributed by atoms with van der Waals surface area (Å²) < 4.78 is 36.4. The standard InChI is InChI=1S/C25H40O6Si4/c1-8-18-26-23-14-10-21(11-15-23)25(2,3)22-12-16-24(17-13-22)27-19-9-20-35(7)30-33(5)28-32(4)29-34(6)31-35/h8,10-17,32-34H,1,9,18-20H2,2-7H3. The van der Waals surface area contributed by atoms with E-state index in [1.54, 1.807) is 6.08 Å². The Morgan fingerprint density at radius 1 is 0.829 bits per heavy atom. The second-order valence-corrected chi connectivity index (χ2v) is 19.8. The van der Waals surface area contributed by atoms with Crippen molar-refractivity contribution < 1.29 is 25.9 Å². The predicted octanol–water partition coefficient (Wildman–Crippen LogP) is 5.05. The van der Waals surface area contributed by atoms with Gasteiger partial charge in [-0.2, -0.15) is 0 Å². The first kappa shape index (κ1) is 28.1. The molecule has 0 spiro atoms. The van der Waals surface area contributed by atoms with Gasteiger partial charge in [-0.3, -0.25) is 0 Å². The van der Waals surface area contributed by atoms with Crippen molar-refractivity contribution in [1.82, 2.24) is 0 Å². The van der Waals surface area contributed by atoms with Crippen molar-refractivity contribution in [3.63, 3.8) is 0 Å². The van der Waals surface area contributed by atoms with Gasteiger partial charge in [0.15, 0.2) is 0 Å². The van der Waals surface area contributed by atoms with Crippen LogP contribution in [0.1, 0.15) is 31.4 Å². The van der Waals surface area contributed by atoms with Gasteiger partial charge < -0.3 is 25.9 Å². The topological polar surface area (TPSA) is 55.4 Å². The van der Waals surface area contributed by atoms with Crippen molar-refractivity contribution in [1.29, 1.82) is 0 Å². The Morgan fingerprint density at radius 2 is 1.31 bits per heavy atom. The summed E-state index contributed by atoms with van der Waals surface area (Å²) in [4.78, 5) is 0. The summed E-state index contributed by atoms with van der Waals surface area (Å²) in [6.07, 6.45) is 2.63. The summed E-state index contributed by atoms with van der Waals surface area (Å²) >= 11 is 0. The minimum absolute atomic E-state index is 0.131. The van der Waals surface area contributed by atoms with Crippen LogP contribution < -0.4 is 9.47 Å². The number of benzene rings is 2. The number of hydrogen-bond acceptors (Lipinski definition) is 6. The van der Waals surface area contributed by atoms with E-state index < -0.39 is 36.4 Å². The van der Waals surface area contributed by atoms with Gasteiger partial charge in [0.2, 0.25) is 0 Å². The fourth-order valence-electron chi connectivity index (χ4n) is 4.32. The molecule has 0 bridgehead atoms. The Bertz CT molecular complexity index is 924. The number of ether oxygens (including phenoxy) is 2. The van der Waals surface area contributed by atoms with Gasteiger partial charge in [0, 0.05) is 5.41 Å². The molecule has 6 nitrogen and oxygen atoms in total. The third-order valence-corrected chi connectivity index (χ3v) is 20.2. The van der Waals surface area contributed by atoms with Crippen molar-refractivity contribution in [3.8, 4) is 11.5 Å². The Labute approximate surface area is 217 Å². The first-order valence-corrected chi connectivity index (χ1v) is 21.2. The van der Waals surface area contributed by atoms with Crippen LogP contribution in [0.4, 0.5) is 0 Å². The summed E-state index contributed by atoms with van der Waals surface area (Å²) in [5.41, 5.74) is 2.33. The van der Waals surface area contributed by atoms with E-state index in [1.807, 2.05) is 12.1 Å². The van der Waals surface area contributed by atoms with Crippen LogP contribution in [-0.4, -0.2) is 49.6 Å². The van der Waals surface area contributed by atoms with Crippen LogP contribution in [0.2, 0.25) is 32.2 Å². The summed E-state index contributed by atoms with van der Waals surface area (Å²) in [5.74, 6) is 1.73. The molecule has 0 aromatic heterocycles. The zero-order valence-corrected chi connectivity index (χ0v) is 26.4. The lowest BCUT2D eigenvalue weighted by molar-refractivity contribution is 0.266. The highest BCUT2D eigenvalue weighted by atomic mass is 28.5.